The van der Waals surface area contributed by atoms with E-state index in [-0.39, 0.29) is 15.9 Å². The van der Waals surface area contributed by atoms with Crippen LogP contribution in [0.4, 0.5) is 0 Å². The van der Waals surface area contributed by atoms with Crippen LogP contribution >= 0.6 is 0 Å². The second-order valence-corrected chi connectivity index (χ2v) is 17.5. The molecule has 0 aromatic rings. The second kappa shape index (κ2) is 7.13. The van der Waals surface area contributed by atoms with Crippen LogP contribution in [-0.2, 0) is 14.0 Å². The van der Waals surface area contributed by atoms with E-state index in [1.54, 1.807) is 0 Å². The van der Waals surface area contributed by atoms with Gasteiger partial charge in [-0.15, -0.1) is 0 Å². The van der Waals surface area contributed by atoms with E-state index in [2.05, 4.69) is 47.7 Å². The Morgan fingerprint density at radius 3 is 2.47 bits per heavy atom. The minimum atomic E-state index is -1.88. The van der Waals surface area contributed by atoms with Gasteiger partial charge in [-0.1, -0.05) is 40.2 Å². The van der Waals surface area contributed by atoms with E-state index in [9.17, 15) is 9.59 Å². The molecule has 0 saturated heterocycles. The van der Waals surface area contributed by atoms with E-state index < -0.39 is 8.32 Å². The van der Waals surface area contributed by atoms with Gasteiger partial charge in [-0.05, 0) is 80.0 Å². The maximum Gasteiger partial charge on any atom is 0.192 e. The Kier molecular flexibility index (Phi) is 5.34. The summed E-state index contributed by atoms with van der Waals surface area (Å²) in [5.41, 5.74) is 1.28. The smallest absolute Gasteiger partial charge is 0.192 e. The molecular formula is C26H42O3Si. The van der Waals surface area contributed by atoms with Crippen molar-refractivity contribution in [3.63, 3.8) is 0 Å². The van der Waals surface area contributed by atoms with Gasteiger partial charge in [-0.3, -0.25) is 9.59 Å². The van der Waals surface area contributed by atoms with Crippen molar-refractivity contribution in [3.8, 4) is 0 Å². The summed E-state index contributed by atoms with van der Waals surface area (Å²) in [6.45, 7) is 17.0. The highest BCUT2D eigenvalue weighted by atomic mass is 28.4. The highest BCUT2D eigenvalue weighted by Crippen LogP contribution is 2.65. The van der Waals surface area contributed by atoms with Gasteiger partial charge >= 0.3 is 0 Å². The number of carbonyl (C=O) groups is 2. The van der Waals surface area contributed by atoms with Crippen molar-refractivity contribution >= 4 is 19.9 Å². The fourth-order valence-electron chi connectivity index (χ4n) is 7.31. The van der Waals surface area contributed by atoms with Crippen molar-refractivity contribution in [1.29, 1.82) is 0 Å². The summed E-state index contributed by atoms with van der Waals surface area (Å²) >= 11 is 0. The van der Waals surface area contributed by atoms with Gasteiger partial charge in [-0.2, -0.15) is 0 Å². The van der Waals surface area contributed by atoms with Gasteiger partial charge < -0.3 is 4.43 Å². The zero-order chi connectivity index (χ0) is 22.1. The Morgan fingerprint density at radius 2 is 1.80 bits per heavy atom. The Labute approximate surface area is 184 Å². The molecule has 6 atom stereocenters. The number of carbonyl (C=O) groups excluding carboxylic acids is 2. The first-order chi connectivity index (χ1) is 13.8. The summed E-state index contributed by atoms with van der Waals surface area (Å²) < 4.78 is 6.90. The van der Waals surface area contributed by atoms with Crippen LogP contribution in [0.15, 0.2) is 11.6 Å². The van der Waals surface area contributed by atoms with Crippen LogP contribution < -0.4 is 0 Å². The Morgan fingerprint density at radius 1 is 1.10 bits per heavy atom. The van der Waals surface area contributed by atoms with E-state index in [1.807, 2.05) is 6.08 Å². The van der Waals surface area contributed by atoms with Gasteiger partial charge in [0.1, 0.15) is 5.78 Å². The third-order valence-corrected chi connectivity index (χ3v) is 14.7. The fourth-order valence-corrected chi connectivity index (χ4v) is 8.36. The van der Waals surface area contributed by atoms with Crippen molar-refractivity contribution in [2.45, 2.75) is 97.7 Å². The molecule has 3 nitrogen and oxygen atoms in total. The average Bonchev–Trinajstić information content (AvgIpc) is 2.95. The molecule has 4 aliphatic carbocycles. The molecule has 0 aromatic carbocycles. The third kappa shape index (κ3) is 3.23. The number of Topliss-reactive ketones (excluding diaryl/α,β-unsaturated/α-hetero) is 1. The molecule has 3 saturated carbocycles. The number of fused-ring (bicyclic) bond motifs is 5. The minimum Gasteiger partial charge on any atom is -0.416 e. The summed E-state index contributed by atoms with van der Waals surface area (Å²) in [5, 5.41) is 0.181. The Balaban J connectivity index is 1.72. The Bertz CT molecular complexity index is 776. The monoisotopic (exact) mass is 430 g/mol. The molecule has 3 fully saturated rings. The van der Waals surface area contributed by atoms with E-state index in [0.29, 0.717) is 41.7 Å². The van der Waals surface area contributed by atoms with Crippen LogP contribution in [0, 0.1) is 34.5 Å². The first-order valence-electron chi connectivity index (χ1n) is 12.2. The van der Waals surface area contributed by atoms with E-state index in [4.69, 9.17) is 4.43 Å². The van der Waals surface area contributed by atoms with E-state index in [1.165, 1.54) is 5.57 Å². The van der Waals surface area contributed by atoms with Gasteiger partial charge in [0.15, 0.2) is 14.1 Å². The topological polar surface area (TPSA) is 43.4 Å². The summed E-state index contributed by atoms with van der Waals surface area (Å²) in [7, 11) is -1.88. The molecule has 0 radical (unpaired) electrons. The molecule has 4 rings (SSSR count). The van der Waals surface area contributed by atoms with Gasteiger partial charge in [0.2, 0.25) is 0 Å². The van der Waals surface area contributed by atoms with Crippen molar-refractivity contribution < 1.29 is 14.0 Å². The van der Waals surface area contributed by atoms with Crippen molar-refractivity contribution in [2.24, 2.45) is 34.5 Å². The normalized spacial score (nSPS) is 41.8. The van der Waals surface area contributed by atoms with Gasteiger partial charge in [0.05, 0.1) is 0 Å². The first kappa shape index (κ1) is 22.5. The molecular weight excluding hydrogens is 388 g/mol. The summed E-state index contributed by atoms with van der Waals surface area (Å²) in [5.74, 6) is 2.90. The molecule has 0 amide bonds. The summed E-state index contributed by atoms with van der Waals surface area (Å²) in [6.07, 6.45) is 8.72. The lowest BCUT2D eigenvalue weighted by molar-refractivity contribution is -0.134. The number of hydrogen-bond donors (Lipinski definition) is 0. The zero-order valence-corrected chi connectivity index (χ0v) is 21.3. The van der Waals surface area contributed by atoms with Crippen molar-refractivity contribution in [3.05, 3.63) is 11.6 Å². The standard InChI is InChI=1S/C26H42O3Si/c1-17-14-19-20-8-9-23(28)25(20,5)12-11-21(19)26(13-10-18(27)15-22(17)26)16-29-30(6,7)24(2,3)4/h15,17,19-21H,8-14,16H2,1-7H3/t17-,19-,20-,21-,25-,26-/m0/s1. The van der Waals surface area contributed by atoms with Crippen LogP contribution in [0.25, 0.3) is 0 Å². The highest BCUT2D eigenvalue weighted by Gasteiger charge is 2.61. The number of ketones is 2. The molecule has 4 heteroatoms. The fraction of sp³-hybridized carbons (Fsp3) is 0.846. The van der Waals surface area contributed by atoms with E-state index >= 15 is 0 Å². The van der Waals surface area contributed by atoms with Crippen LogP contribution in [-0.4, -0.2) is 26.5 Å². The molecule has 0 bridgehead atoms. The van der Waals surface area contributed by atoms with Crippen LogP contribution in [0.1, 0.15) is 79.6 Å². The second-order valence-electron chi connectivity index (χ2n) is 12.7. The van der Waals surface area contributed by atoms with E-state index in [0.717, 1.165) is 45.1 Å². The summed E-state index contributed by atoms with van der Waals surface area (Å²) in [6, 6.07) is 0. The maximum atomic E-state index is 12.8. The summed E-state index contributed by atoms with van der Waals surface area (Å²) in [4.78, 5) is 25.2. The average molecular weight is 431 g/mol. The van der Waals surface area contributed by atoms with Gasteiger partial charge in [0.25, 0.3) is 0 Å². The van der Waals surface area contributed by atoms with Crippen LogP contribution in [0.2, 0.25) is 18.1 Å². The number of hydrogen-bond acceptors (Lipinski definition) is 3. The van der Waals surface area contributed by atoms with Crippen molar-refractivity contribution in [2.75, 3.05) is 6.61 Å². The molecule has 0 unspecified atom stereocenters. The largest absolute Gasteiger partial charge is 0.416 e. The molecule has 30 heavy (non-hydrogen) atoms. The number of rotatable bonds is 3. The molecule has 0 aliphatic heterocycles. The molecule has 0 heterocycles. The SMILES string of the molecule is C[C@H]1C[C@@H]2[C@H](CC[C@]3(C)C(=O)CC[C@@H]23)[C@@]2(CO[Si](C)(C)C(C)(C)C)CCC(=O)C=C12. The third-order valence-electron chi connectivity index (χ3n) is 10.2. The lowest BCUT2D eigenvalue weighted by atomic mass is 9.45. The maximum absolute atomic E-state index is 12.8. The lowest BCUT2D eigenvalue weighted by Gasteiger charge is -2.60. The minimum absolute atomic E-state index is 0.00126. The van der Waals surface area contributed by atoms with Gasteiger partial charge in [0, 0.05) is 30.3 Å². The van der Waals surface area contributed by atoms with Gasteiger partial charge in [-0.25, -0.2) is 0 Å². The van der Waals surface area contributed by atoms with Crippen LogP contribution in [0.5, 0.6) is 0 Å². The molecule has 168 valence electrons. The predicted octanol–water partition coefficient (Wildman–Crippen LogP) is 6.34. The quantitative estimate of drug-likeness (QED) is 0.491. The molecule has 0 aromatic heterocycles. The zero-order valence-electron chi connectivity index (χ0n) is 20.3. The Hall–Kier alpha value is -0.743. The first-order valence-corrected chi connectivity index (χ1v) is 15.1. The van der Waals surface area contributed by atoms with Crippen molar-refractivity contribution in [1.82, 2.24) is 0 Å². The molecule has 4 aliphatic rings. The molecule has 0 N–H and O–H groups in total. The highest BCUT2D eigenvalue weighted by molar-refractivity contribution is 6.74. The lowest BCUT2D eigenvalue weighted by Crippen LogP contribution is -2.56. The molecule has 0 spiro atoms. The van der Waals surface area contributed by atoms with Crippen LogP contribution in [0.3, 0.4) is 0 Å². The predicted molar refractivity (Wildman–Crippen MR) is 124 cm³/mol.